The maximum absolute atomic E-state index is 13.3. The molecule has 2 aliphatic rings. The summed E-state index contributed by atoms with van der Waals surface area (Å²) in [6.07, 6.45) is -10.2. The molecule has 2 fully saturated rings. The lowest BCUT2D eigenvalue weighted by Crippen LogP contribution is -2.60. The van der Waals surface area contributed by atoms with Gasteiger partial charge in [-0.05, 0) is 17.7 Å². The first-order valence-electron chi connectivity index (χ1n) is 12.7. The van der Waals surface area contributed by atoms with Crippen LogP contribution >= 0.6 is 0 Å². The van der Waals surface area contributed by atoms with Gasteiger partial charge in [-0.15, -0.1) is 0 Å². The van der Waals surface area contributed by atoms with Crippen molar-refractivity contribution in [2.75, 3.05) is 26.9 Å². The van der Waals surface area contributed by atoms with Crippen LogP contribution in [0.5, 0.6) is 23.0 Å². The molecule has 228 valence electrons. The van der Waals surface area contributed by atoms with Crippen molar-refractivity contribution in [3.05, 3.63) is 46.8 Å². The molecule has 42 heavy (non-hydrogen) atoms. The van der Waals surface area contributed by atoms with E-state index in [0.29, 0.717) is 5.56 Å². The maximum Gasteiger partial charge on any atom is 0.229 e. The van der Waals surface area contributed by atoms with E-state index in [1.807, 2.05) is 0 Å². The van der Waals surface area contributed by atoms with E-state index in [1.54, 1.807) is 0 Å². The molecule has 2 aliphatic heterocycles. The Bertz CT molecular complexity index is 1470. The fourth-order valence-corrected chi connectivity index (χ4v) is 4.75. The van der Waals surface area contributed by atoms with Crippen molar-refractivity contribution in [3.63, 3.8) is 0 Å². The second kappa shape index (κ2) is 11.6. The Balaban J connectivity index is 1.40. The molecule has 0 spiro atoms. The molecule has 0 unspecified atom stereocenters. The number of hydrogen-bond donors (Lipinski definition) is 8. The Labute approximate surface area is 236 Å². The molecule has 0 saturated carbocycles. The lowest BCUT2D eigenvalue weighted by atomic mass is 9.99. The molecule has 0 amide bonds. The quantitative estimate of drug-likeness (QED) is 0.148. The predicted molar refractivity (Wildman–Crippen MR) is 139 cm³/mol. The lowest BCUT2D eigenvalue weighted by Gasteiger charge is -2.40. The van der Waals surface area contributed by atoms with Crippen molar-refractivity contribution >= 4 is 11.0 Å². The van der Waals surface area contributed by atoms with Crippen molar-refractivity contribution in [1.82, 2.24) is 0 Å². The van der Waals surface area contributed by atoms with Crippen molar-refractivity contribution in [1.29, 1.82) is 0 Å². The molecule has 8 N–H and O–H groups in total. The van der Waals surface area contributed by atoms with E-state index in [4.69, 9.17) is 28.1 Å². The number of benzene rings is 2. The molecule has 0 radical (unpaired) electrons. The Morgan fingerprint density at radius 1 is 1.02 bits per heavy atom. The summed E-state index contributed by atoms with van der Waals surface area (Å²) in [5.41, 5.74) is -2.18. The van der Waals surface area contributed by atoms with Crippen LogP contribution in [-0.4, -0.2) is 116 Å². The van der Waals surface area contributed by atoms with Crippen LogP contribution in [0.4, 0.5) is 0 Å². The summed E-state index contributed by atoms with van der Waals surface area (Å²) < 4.78 is 32.7. The van der Waals surface area contributed by atoms with Gasteiger partial charge in [0.25, 0.3) is 0 Å². The van der Waals surface area contributed by atoms with Crippen molar-refractivity contribution in [2.45, 2.75) is 48.7 Å². The highest BCUT2D eigenvalue weighted by atomic mass is 16.7. The number of aromatic hydroxyl groups is 2. The summed E-state index contributed by atoms with van der Waals surface area (Å²) in [5, 5.41) is 81.3. The topological polar surface area (TPSA) is 238 Å². The molecular formula is C27H30O15. The van der Waals surface area contributed by atoms with Crippen LogP contribution < -0.4 is 14.9 Å². The number of phenolic OH excluding ortho intramolecular Hbond substituents is 2. The SMILES string of the molecule is COc1c(O[C@@H]2O[C@H](CO[C@@H]3OC[C@@](O)(CO)[C@H]3O)[C@@H](O)[C@H](O)[C@H]2O)cc2occ(-c3ccc(O)cc3)c(=O)c2c1O. The Hall–Kier alpha value is -3.51. The van der Waals surface area contributed by atoms with E-state index in [9.17, 15) is 45.6 Å². The fraction of sp³-hybridized carbons (Fsp3) is 0.444. The summed E-state index contributed by atoms with van der Waals surface area (Å²) in [4.78, 5) is 13.3. The molecule has 5 rings (SSSR count). The zero-order valence-electron chi connectivity index (χ0n) is 22.1. The third-order valence-electron chi connectivity index (χ3n) is 7.26. The Morgan fingerprint density at radius 2 is 1.74 bits per heavy atom. The van der Waals surface area contributed by atoms with E-state index in [-0.39, 0.29) is 33.8 Å². The first-order valence-corrected chi connectivity index (χ1v) is 12.7. The van der Waals surface area contributed by atoms with Crippen LogP contribution in [0.15, 0.2) is 45.8 Å². The zero-order chi connectivity index (χ0) is 30.3. The number of fused-ring (bicyclic) bond motifs is 1. The number of ether oxygens (including phenoxy) is 5. The first-order chi connectivity index (χ1) is 20.0. The molecule has 0 bridgehead atoms. The molecule has 15 nitrogen and oxygen atoms in total. The summed E-state index contributed by atoms with van der Waals surface area (Å²) in [7, 11) is 1.19. The minimum absolute atomic E-state index is 0.00728. The van der Waals surface area contributed by atoms with Gasteiger partial charge in [-0.2, -0.15) is 0 Å². The van der Waals surface area contributed by atoms with Gasteiger partial charge in [-0.3, -0.25) is 4.79 Å². The number of aliphatic hydroxyl groups is 6. The van der Waals surface area contributed by atoms with Crippen molar-refractivity contribution in [3.8, 4) is 34.1 Å². The normalized spacial score (nSPS) is 31.4. The molecule has 3 heterocycles. The van der Waals surface area contributed by atoms with Crippen LogP contribution in [0.2, 0.25) is 0 Å². The molecule has 1 aromatic heterocycles. The second-order valence-corrected chi connectivity index (χ2v) is 10.0. The van der Waals surface area contributed by atoms with Crippen molar-refractivity contribution < 1.29 is 69.0 Å². The molecule has 15 heteroatoms. The molecule has 2 saturated heterocycles. The van der Waals surface area contributed by atoms with Gasteiger partial charge in [0.15, 0.2) is 17.8 Å². The van der Waals surface area contributed by atoms with E-state index < -0.39 is 79.7 Å². The van der Waals surface area contributed by atoms with Crippen LogP contribution in [0.1, 0.15) is 0 Å². The van der Waals surface area contributed by atoms with Crippen LogP contribution in [-0.2, 0) is 14.2 Å². The summed E-state index contributed by atoms with van der Waals surface area (Å²) in [6, 6.07) is 6.95. The third-order valence-corrected chi connectivity index (χ3v) is 7.26. The van der Waals surface area contributed by atoms with Gasteiger partial charge >= 0.3 is 0 Å². The smallest absolute Gasteiger partial charge is 0.229 e. The average Bonchev–Trinajstić information content (AvgIpc) is 3.27. The lowest BCUT2D eigenvalue weighted by molar-refractivity contribution is -0.289. The van der Waals surface area contributed by atoms with Gasteiger partial charge in [0, 0.05) is 6.07 Å². The van der Waals surface area contributed by atoms with E-state index in [0.717, 1.165) is 6.26 Å². The van der Waals surface area contributed by atoms with Crippen LogP contribution in [0.25, 0.3) is 22.1 Å². The van der Waals surface area contributed by atoms with Gasteiger partial charge in [0.05, 0.1) is 32.5 Å². The van der Waals surface area contributed by atoms with Gasteiger partial charge in [-0.1, -0.05) is 12.1 Å². The number of aliphatic hydroxyl groups excluding tert-OH is 5. The predicted octanol–water partition coefficient (Wildman–Crippen LogP) is -1.48. The Morgan fingerprint density at radius 3 is 2.38 bits per heavy atom. The Kier molecular flexibility index (Phi) is 8.30. The molecule has 2 aromatic carbocycles. The van der Waals surface area contributed by atoms with E-state index in [1.165, 1.54) is 37.4 Å². The molecule has 0 aliphatic carbocycles. The number of methoxy groups -OCH3 is 1. The monoisotopic (exact) mass is 594 g/mol. The number of rotatable bonds is 8. The number of hydrogen-bond acceptors (Lipinski definition) is 15. The van der Waals surface area contributed by atoms with Crippen molar-refractivity contribution in [2.24, 2.45) is 0 Å². The van der Waals surface area contributed by atoms with E-state index >= 15 is 0 Å². The summed E-state index contributed by atoms with van der Waals surface area (Å²) in [5.74, 6) is -1.23. The first kappa shape index (κ1) is 30.0. The molecular weight excluding hydrogens is 564 g/mol. The van der Waals surface area contributed by atoms with Gasteiger partial charge < -0.3 is 69.0 Å². The molecule has 3 aromatic rings. The highest BCUT2D eigenvalue weighted by molar-refractivity contribution is 5.91. The highest BCUT2D eigenvalue weighted by Crippen LogP contribution is 2.43. The summed E-state index contributed by atoms with van der Waals surface area (Å²) >= 11 is 0. The van der Waals surface area contributed by atoms with Gasteiger partial charge in [0.1, 0.15) is 59.1 Å². The summed E-state index contributed by atoms with van der Waals surface area (Å²) in [6.45, 7) is -1.73. The second-order valence-electron chi connectivity index (χ2n) is 10.0. The maximum atomic E-state index is 13.3. The van der Waals surface area contributed by atoms with Crippen LogP contribution in [0, 0.1) is 0 Å². The van der Waals surface area contributed by atoms with Crippen LogP contribution in [0.3, 0.4) is 0 Å². The van der Waals surface area contributed by atoms with Gasteiger partial charge in [0.2, 0.25) is 17.5 Å². The minimum atomic E-state index is -1.95. The van der Waals surface area contributed by atoms with Gasteiger partial charge in [-0.25, -0.2) is 0 Å². The average molecular weight is 595 g/mol. The standard InChI is InChI=1S/C27H30O15/c1-37-23-15(6-14-17(20(23)32)18(30)13(7-38-14)11-2-4-12(29)5-3-11)41-25-22(34)21(33)19(31)16(42-25)8-39-26-24(35)27(36,9-28)10-40-26/h2-7,16,19,21-22,24-26,28-29,31-36H,8-10H2,1H3/t16-,19-,21+,22-,24+,25-,26-,27+/m1/s1. The van der Waals surface area contributed by atoms with E-state index in [2.05, 4.69) is 0 Å². The molecule has 8 atom stereocenters. The fourth-order valence-electron chi connectivity index (χ4n) is 4.75. The highest BCUT2D eigenvalue weighted by Gasteiger charge is 2.50. The zero-order valence-corrected chi connectivity index (χ0v) is 22.1. The third kappa shape index (κ3) is 5.26. The largest absolute Gasteiger partial charge is 0.508 e. The number of phenols is 2. The minimum Gasteiger partial charge on any atom is -0.508 e.